The zero-order chi connectivity index (χ0) is 22.9. The molecule has 0 bridgehead atoms. The zero-order valence-electron chi connectivity index (χ0n) is 15.8. The summed E-state index contributed by atoms with van der Waals surface area (Å²) in [5, 5.41) is 0. The highest BCUT2D eigenvalue weighted by Crippen LogP contribution is 2.52. The molecule has 0 spiro atoms. The highest BCUT2D eigenvalue weighted by molar-refractivity contribution is 5.91. The van der Waals surface area contributed by atoms with E-state index < -0.39 is 42.7 Å². The molecule has 0 amide bonds. The van der Waals surface area contributed by atoms with E-state index in [2.05, 4.69) is 9.47 Å². The summed E-state index contributed by atoms with van der Waals surface area (Å²) in [7, 11) is 0. The van der Waals surface area contributed by atoms with Gasteiger partial charge in [-0.05, 0) is 6.42 Å². The molecular weight excluding hydrogens is 420 g/mol. The van der Waals surface area contributed by atoms with Crippen molar-refractivity contribution in [2.75, 3.05) is 6.61 Å². The van der Waals surface area contributed by atoms with E-state index in [1.165, 1.54) is 0 Å². The number of halogens is 8. The molecule has 0 atom stereocenters. The second kappa shape index (κ2) is 10.8. The SMILES string of the molecule is CCCCCCCCOC(=O)C=CC(=O)OC(F)(F)C(F)(F)C(F)(F)C(C)(F)F. The van der Waals surface area contributed by atoms with Gasteiger partial charge in [-0.15, -0.1) is 0 Å². The number of alkyl halides is 8. The van der Waals surface area contributed by atoms with Crippen LogP contribution in [0.3, 0.4) is 0 Å². The molecule has 0 unspecified atom stereocenters. The largest absolute Gasteiger partial charge is 0.473 e. The van der Waals surface area contributed by atoms with Gasteiger partial charge in [-0.1, -0.05) is 39.0 Å². The van der Waals surface area contributed by atoms with Gasteiger partial charge in [-0.2, -0.15) is 35.1 Å². The Hall–Kier alpha value is -1.88. The van der Waals surface area contributed by atoms with Gasteiger partial charge in [0, 0.05) is 19.1 Å². The van der Waals surface area contributed by atoms with Crippen molar-refractivity contribution in [1.29, 1.82) is 0 Å². The second-order valence-electron chi connectivity index (χ2n) is 6.24. The lowest BCUT2D eigenvalue weighted by Crippen LogP contribution is -2.62. The molecule has 0 aromatic rings. The van der Waals surface area contributed by atoms with Crippen LogP contribution in [0, 0.1) is 0 Å². The Morgan fingerprint density at radius 1 is 0.759 bits per heavy atom. The van der Waals surface area contributed by atoms with Crippen molar-refractivity contribution < 1.29 is 54.2 Å². The minimum Gasteiger partial charge on any atom is -0.463 e. The van der Waals surface area contributed by atoms with Crippen molar-refractivity contribution in [3.05, 3.63) is 12.2 Å². The van der Waals surface area contributed by atoms with Crippen molar-refractivity contribution in [2.24, 2.45) is 0 Å². The van der Waals surface area contributed by atoms with Gasteiger partial charge in [0.05, 0.1) is 6.61 Å². The van der Waals surface area contributed by atoms with Gasteiger partial charge in [0.2, 0.25) is 0 Å². The summed E-state index contributed by atoms with van der Waals surface area (Å²) in [4.78, 5) is 22.4. The Labute approximate surface area is 162 Å². The van der Waals surface area contributed by atoms with E-state index in [4.69, 9.17) is 0 Å². The lowest BCUT2D eigenvalue weighted by Gasteiger charge is -2.34. The van der Waals surface area contributed by atoms with Crippen LogP contribution in [0.5, 0.6) is 0 Å². The molecule has 0 aliphatic rings. The summed E-state index contributed by atoms with van der Waals surface area (Å²) >= 11 is 0. The topological polar surface area (TPSA) is 52.6 Å². The minimum absolute atomic E-state index is 0.0591. The molecule has 0 saturated heterocycles. The Balaban J connectivity index is 4.65. The normalized spacial score (nSPS) is 13.6. The molecule has 29 heavy (non-hydrogen) atoms. The number of carbonyl (C=O) groups excluding carboxylic acids is 2. The van der Waals surface area contributed by atoms with Crippen LogP contribution >= 0.6 is 0 Å². The minimum atomic E-state index is -6.72. The highest BCUT2D eigenvalue weighted by atomic mass is 19.4. The van der Waals surface area contributed by atoms with Crippen LogP contribution in [0.4, 0.5) is 35.1 Å². The molecule has 0 fully saturated rings. The average molecular weight is 442 g/mol. The maximum Gasteiger partial charge on any atom is 0.473 e. The molecule has 0 rings (SSSR count). The molecule has 0 heterocycles. The fourth-order valence-corrected chi connectivity index (χ4v) is 1.92. The van der Waals surface area contributed by atoms with Crippen LogP contribution in [0.1, 0.15) is 52.4 Å². The monoisotopic (exact) mass is 442 g/mol. The molecule has 170 valence electrons. The number of hydrogen-bond acceptors (Lipinski definition) is 4. The molecule has 0 N–H and O–H groups in total. The maximum absolute atomic E-state index is 13.2. The average Bonchev–Trinajstić information content (AvgIpc) is 2.57. The smallest absolute Gasteiger partial charge is 0.463 e. The summed E-state index contributed by atoms with van der Waals surface area (Å²) in [6.45, 7) is 1.27. The van der Waals surface area contributed by atoms with Crippen molar-refractivity contribution >= 4 is 11.9 Å². The van der Waals surface area contributed by atoms with Crippen molar-refractivity contribution in [3.63, 3.8) is 0 Å². The molecule has 0 aliphatic heterocycles. The quantitative estimate of drug-likeness (QED) is 0.163. The summed E-state index contributed by atoms with van der Waals surface area (Å²) in [5.41, 5.74) is 0. The third-order valence-electron chi connectivity index (χ3n) is 3.64. The van der Waals surface area contributed by atoms with E-state index in [0.29, 0.717) is 6.42 Å². The lowest BCUT2D eigenvalue weighted by atomic mass is 10.1. The van der Waals surface area contributed by atoms with E-state index >= 15 is 0 Å². The number of unbranched alkanes of at least 4 members (excludes halogenated alkanes) is 5. The van der Waals surface area contributed by atoms with Gasteiger partial charge in [-0.25, -0.2) is 9.59 Å². The Kier molecular flexibility index (Phi) is 10.1. The van der Waals surface area contributed by atoms with Crippen molar-refractivity contribution in [2.45, 2.75) is 76.2 Å². The van der Waals surface area contributed by atoms with Crippen molar-refractivity contribution in [1.82, 2.24) is 0 Å². The molecule has 0 aromatic heterocycles. The third kappa shape index (κ3) is 7.81. The van der Waals surface area contributed by atoms with E-state index in [0.717, 1.165) is 32.1 Å². The molecule has 0 radical (unpaired) electrons. The first kappa shape index (κ1) is 27.1. The maximum atomic E-state index is 13.2. The molecule has 0 aromatic carbocycles. The Morgan fingerprint density at radius 3 is 1.76 bits per heavy atom. The number of ether oxygens (including phenoxy) is 2. The molecular formula is C17H22F8O4. The molecule has 0 saturated carbocycles. The number of carbonyl (C=O) groups is 2. The van der Waals surface area contributed by atoms with Crippen LogP contribution in [0.25, 0.3) is 0 Å². The van der Waals surface area contributed by atoms with Gasteiger partial charge in [0.25, 0.3) is 0 Å². The summed E-state index contributed by atoms with van der Waals surface area (Å²) in [5.74, 6) is -22.3. The molecule has 0 aliphatic carbocycles. The summed E-state index contributed by atoms with van der Waals surface area (Å²) in [6, 6.07) is 0. The van der Waals surface area contributed by atoms with Crippen molar-refractivity contribution in [3.8, 4) is 0 Å². The predicted octanol–water partition coefficient (Wildman–Crippen LogP) is 5.51. The Bertz CT molecular complexity index is 570. The van der Waals surface area contributed by atoms with Gasteiger partial charge >= 0.3 is 35.8 Å². The zero-order valence-corrected chi connectivity index (χ0v) is 15.8. The van der Waals surface area contributed by atoms with Gasteiger partial charge in [0.1, 0.15) is 0 Å². The predicted molar refractivity (Wildman–Crippen MR) is 85.0 cm³/mol. The van der Waals surface area contributed by atoms with Crippen LogP contribution in [-0.4, -0.2) is 42.4 Å². The van der Waals surface area contributed by atoms with E-state index in [9.17, 15) is 44.7 Å². The van der Waals surface area contributed by atoms with E-state index in [1.54, 1.807) is 0 Å². The number of rotatable bonds is 13. The number of hydrogen-bond donors (Lipinski definition) is 0. The summed E-state index contributed by atoms with van der Waals surface area (Å²) in [6.07, 6.45) is -0.878. The first-order valence-electron chi connectivity index (χ1n) is 8.69. The van der Waals surface area contributed by atoms with Gasteiger partial charge in [-0.3, -0.25) is 0 Å². The Morgan fingerprint density at radius 2 is 1.24 bits per heavy atom. The van der Waals surface area contributed by atoms with E-state index in [-0.39, 0.29) is 18.8 Å². The molecule has 4 nitrogen and oxygen atoms in total. The van der Waals surface area contributed by atoms with Crippen LogP contribution < -0.4 is 0 Å². The van der Waals surface area contributed by atoms with E-state index in [1.807, 2.05) is 6.92 Å². The number of esters is 2. The second-order valence-corrected chi connectivity index (χ2v) is 6.24. The van der Waals surface area contributed by atoms with Crippen LogP contribution in [-0.2, 0) is 19.1 Å². The first-order valence-corrected chi connectivity index (χ1v) is 8.69. The van der Waals surface area contributed by atoms with Gasteiger partial charge < -0.3 is 9.47 Å². The fraction of sp³-hybridized carbons (Fsp3) is 0.765. The highest BCUT2D eigenvalue weighted by Gasteiger charge is 2.81. The lowest BCUT2D eigenvalue weighted by molar-refractivity contribution is -0.413. The fourth-order valence-electron chi connectivity index (χ4n) is 1.92. The first-order chi connectivity index (χ1) is 13.1. The third-order valence-corrected chi connectivity index (χ3v) is 3.64. The summed E-state index contributed by atoms with van der Waals surface area (Å²) < 4.78 is 111. The van der Waals surface area contributed by atoms with Gasteiger partial charge in [0.15, 0.2) is 0 Å². The van der Waals surface area contributed by atoms with Crippen LogP contribution in [0.2, 0.25) is 0 Å². The standard InChI is InChI=1S/C17H22F8O4/c1-3-4-5-6-7-8-11-28-12(26)9-10-13(27)29-17(24,25)16(22,23)15(20,21)14(2,18)19/h9-10H,3-8,11H2,1-2H3. The van der Waals surface area contributed by atoms with Crippen LogP contribution in [0.15, 0.2) is 12.2 Å². The molecule has 12 heteroatoms.